The molecule has 3 fully saturated rings. The number of carbonyl (C=O) groups excluding carboxylic acids is 4. The van der Waals surface area contributed by atoms with Crippen LogP contribution in [0, 0.1) is 11.8 Å². The standard InChI is InChI=1S/C51H60F3N9O6/c1-29(2)43(59-49(66)68-5)47(64)61-25-7-9-41(61)45-55-27-37(57-45)31-11-15-33(16-12-31)39-23-24-40(63(39)36-21-19-35(20-22-36)51(52,53)54)34-17-13-32(14-18-34)38-28-56-46(58-38)42-10-8-26-62(42)48(65)44(30(3)4)60-50(67)69-6/h11-22,27-30,39-44H,7-10,23-26H2,1-6H3,(H,55,57)(H,56,58)(H,59,66)(H,60,67)/t39-,40+,41-,42-,43-,44-/m0/s1. The highest BCUT2D eigenvalue weighted by Gasteiger charge is 2.40. The molecular formula is C51H60F3N9O6. The van der Waals surface area contributed by atoms with Crippen LogP contribution >= 0.6 is 0 Å². The summed E-state index contributed by atoms with van der Waals surface area (Å²) in [4.78, 5) is 73.6. The van der Waals surface area contributed by atoms with Gasteiger partial charge in [-0.1, -0.05) is 76.2 Å². The van der Waals surface area contributed by atoms with E-state index in [1.165, 1.54) is 14.2 Å². The highest BCUT2D eigenvalue weighted by molar-refractivity contribution is 5.87. The number of aromatic amines is 2. The normalized spacial score (nSPS) is 20.4. The van der Waals surface area contributed by atoms with E-state index in [1.807, 2.05) is 76.2 Å². The molecule has 5 heterocycles. The maximum absolute atomic E-state index is 13.8. The van der Waals surface area contributed by atoms with Crippen molar-refractivity contribution in [3.63, 3.8) is 0 Å². The molecule has 3 aromatic carbocycles. The number of likely N-dealkylation sites (tertiary alicyclic amines) is 2. The topological polar surface area (TPSA) is 178 Å². The van der Waals surface area contributed by atoms with Gasteiger partial charge in [-0.05, 0) is 96.9 Å². The average Bonchev–Trinajstić information content (AvgIpc) is 4.21. The Morgan fingerprint density at radius 2 is 1.01 bits per heavy atom. The fraction of sp³-hybridized carbons (Fsp3) is 0.451. The summed E-state index contributed by atoms with van der Waals surface area (Å²) in [6.45, 7) is 8.57. The molecular weight excluding hydrogens is 892 g/mol. The first-order valence-electron chi connectivity index (χ1n) is 23.6. The number of nitrogens with one attached hydrogen (secondary N) is 4. The monoisotopic (exact) mass is 951 g/mol. The highest BCUT2D eigenvalue weighted by Crippen LogP contribution is 2.48. The average molecular weight is 952 g/mol. The van der Waals surface area contributed by atoms with E-state index in [2.05, 4.69) is 25.5 Å². The van der Waals surface area contributed by atoms with Crippen LogP contribution in [0.4, 0.5) is 28.4 Å². The Labute approximate surface area is 399 Å². The zero-order valence-corrected chi connectivity index (χ0v) is 39.7. The molecule has 3 saturated heterocycles. The van der Waals surface area contributed by atoms with Crippen molar-refractivity contribution in [1.29, 1.82) is 0 Å². The third-order valence-corrected chi connectivity index (χ3v) is 13.8. The summed E-state index contributed by atoms with van der Waals surface area (Å²) in [5.41, 5.74) is 5.30. The molecule has 366 valence electrons. The van der Waals surface area contributed by atoms with Crippen molar-refractivity contribution in [3.8, 4) is 22.5 Å². The molecule has 0 spiro atoms. The van der Waals surface area contributed by atoms with Crippen molar-refractivity contribution >= 4 is 29.7 Å². The molecule has 15 nitrogen and oxygen atoms in total. The van der Waals surface area contributed by atoms with Crippen molar-refractivity contribution < 1.29 is 41.8 Å². The minimum Gasteiger partial charge on any atom is -0.453 e. The number of aromatic nitrogens is 4. The van der Waals surface area contributed by atoms with Crippen molar-refractivity contribution in [3.05, 3.63) is 114 Å². The molecule has 8 rings (SSSR count). The summed E-state index contributed by atoms with van der Waals surface area (Å²) in [6, 6.07) is 19.2. The highest BCUT2D eigenvalue weighted by atomic mass is 19.4. The number of imidazole rings is 2. The van der Waals surface area contributed by atoms with E-state index >= 15 is 0 Å². The maximum atomic E-state index is 13.8. The van der Waals surface area contributed by atoms with Crippen LogP contribution in [0.15, 0.2) is 85.2 Å². The van der Waals surface area contributed by atoms with Gasteiger partial charge >= 0.3 is 18.4 Å². The maximum Gasteiger partial charge on any atom is 0.416 e. The molecule has 0 bridgehead atoms. The predicted octanol–water partition coefficient (Wildman–Crippen LogP) is 9.66. The molecule has 6 atom stereocenters. The number of carbonyl (C=O) groups is 4. The van der Waals surface area contributed by atoms with E-state index in [-0.39, 0.29) is 47.8 Å². The van der Waals surface area contributed by atoms with Gasteiger partial charge in [0.25, 0.3) is 0 Å². The lowest BCUT2D eigenvalue weighted by Crippen LogP contribution is -2.51. The number of ether oxygens (including phenoxy) is 2. The molecule has 4 N–H and O–H groups in total. The van der Waals surface area contributed by atoms with Gasteiger partial charge in [0.2, 0.25) is 11.8 Å². The van der Waals surface area contributed by atoms with E-state index in [0.29, 0.717) is 30.4 Å². The third kappa shape index (κ3) is 10.3. The smallest absolute Gasteiger partial charge is 0.416 e. The largest absolute Gasteiger partial charge is 0.453 e. The van der Waals surface area contributed by atoms with E-state index in [1.54, 1.807) is 34.3 Å². The van der Waals surface area contributed by atoms with Gasteiger partial charge in [0.15, 0.2) is 0 Å². The first-order chi connectivity index (χ1) is 33.1. The molecule has 3 aliphatic rings. The number of alkyl halides is 3. The number of hydrogen-bond acceptors (Lipinski definition) is 9. The van der Waals surface area contributed by atoms with Gasteiger partial charge < -0.3 is 44.8 Å². The van der Waals surface area contributed by atoms with Crippen molar-refractivity contribution in [2.45, 2.75) is 109 Å². The summed E-state index contributed by atoms with van der Waals surface area (Å²) in [5.74, 6) is 0.625. The number of anilines is 1. The van der Waals surface area contributed by atoms with Crippen LogP contribution in [-0.2, 0) is 25.2 Å². The molecule has 0 aliphatic carbocycles. The Balaban J connectivity index is 1.00. The van der Waals surface area contributed by atoms with E-state index in [9.17, 15) is 32.3 Å². The van der Waals surface area contributed by atoms with Gasteiger partial charge in [0.05, 0.1) is 67.7 Å². The second kappa shape index (κ2) is 20.4. The molecule has 0 saturated carbocycles. The Hall–Kier alpha value is -6.85. The fourth-order valence-electron chi connectivity index (χ4n) is 10.1. The molecule has 2 aromatic heterocycles. The summed E-state index contributed by atoms with van der Waals surface area (Å²) in [7, 11) is 2.53. The minimum atomic E-state index is -4.47. The Morgan fingerprint density at radius 3 is 1.38 bits per heavy atom. The number of amides is 4. The van der Waals surface area contributed by atoms with Gasteiger partial charge in [0.1, 0.15) is 23.7 Å². The second-order valence-corrected chi connectivity index (χ2v) is 18.8. The van der Waals surface area contributed by atoms with E-state index in [4.69, 9.17) is 19.4 Å². The number of nitrogens with zero attached hydrogens (tertiary/aromatic N) is 5. The van der Waals surface area contributed by atoms with Crippen molar-refractivity contribution in [2.75, 3.05) is 32.2 Å². The lowest BCUT2D eigenvalue weighted by atomic mass is 10.0. The number of benzene rings is 3. The van der Waals surface area contributed by atoms with Gasteiger partial charge in [-0.2, -0.15) is 13.2 Å². The van der Waals surface area contributed by atoms with Crippen LogP contribution in [-0.4, -0.2) is 93.1 Å². The van der Waals surface area contributed by atoms with Crippen LogP contribution in [0.3, 0.4) is 0 Å². The summed E-state index contributed by atoms with van der Waals surface area (Å²) in [6.07, 6.45) is 2.25. The first kappa shape index (κ1) is 48.6. The lowest BCUT2D eigenvalue weighted by molar-refractivity contribution is -0.138. The molecule has 5 aromatic rings. The van der Waals surface area contributed by atoms with Gasteiger partial charge in [0, 0.05) is 18.8 Å². The van der Waals surface area contributed by atoms with Crippen molar-refractivity contribution in [1.82, 2.24) is 40.4 Å². The summed E-state index contributed by atoms with van der Waals surface area (Å²) >= 11 is 0. The molecule has 4 amide bonds. The Morgan fingerprint density at radius 1 is 0.609 bits per heavy atom. The summed E-state index contributed by atoms with van der Waals surface area (Å²) < 4.78 is 50.8. The van der Waals surface area contributed by atoms with E-state index < -0.39 is 36.0 Å². The van der Waals surface area contributed by atoms with Gasteiger partial charge in [-0.15, -0.1) is 0 Å². The van der Waals surface area contributed by atoms with Gasteiger partial charge in [-0.25, -0.2) is 19.6 Å². The number of halogens is 3. The van der Waals surface area contributed by atoms with E-state index in [0.717, 1.165) is 84.3 Å². The number of methoxy groups -OCH3 is 2. The van der Waals surface area contributed by atoms with Crippen molar-refractivity contribution in [2.24, 2.45) is 11.8 Å². The molecule has 3 aliphatic heterocycles. The minimum absolute atomic E-state index is 0.145. The van der Waals surface area contributed by atoms with Crippen LogP contribution < -0.4 is 15.5 Å². The van der Waals surface area contributed by atoms with Crippen LogP contribution in [0.1, 0.15) is 119 Å². The number of alkyl carbamates (subject to hydrolysis) is 2. The molecule has 69 heavy (non-hydrogen) atoms. The molecule has 18 heteroatoms. The summed E-state index contributed by atoms with van der Waals surface area (Å²) in [5, 5.41) is 5.37. The second-order valence-electron chi connectivity index (χ2n) is 18.8. The SMILES string of the molecule is COC(=O)N[C@H](C(=O)N1CCC[C@H]1c1ncc(-c2ccc([C@H]3CC[C@@H](c4ccc(-c5cnc([C@@H]6CCCN6C(=O)[C@@H](NC(=O)OC)C(C)C)[nH]5)cc4)N3c3ccc(C(F)(F)F)cc3)cc2)[nH]1)C(C)C. The first-order valence-corrected chi connectivity index (χ1v) is 23.6. The zero-order valence-electron chi connectivity index (χ0n) is 39.7. The van der Waals surface area contributed by atoms with Crippen LogP contribution in [0.5, 0.6) is 0 Å². The zero-order chi connectivity index (χ0) is 49.1. The lowest BCUT2D eigenvalue weighted by Gasteiger charge is -2.33. The third-order valence-electron chi connectivity index (χ3n) is 13.8. The quantitative estimate of drug-likeness (QED) is 0.0895. The number of rotatable bonds is 13. The molecule has 0 radical (unpaired) electrons. The number of hydrogen-bond donors (Lipinski definition) is 4. The fourth-order valence-corrected chi connectivity index (χ4v) is 10.1. The predicted molar refractivity (Wildman–Crippen MR) is 252 cm³/mol. The van der Waals surface area contributed by atoms with Gasteiger partial charge in [-0.3, -0.25) is 9.59 Å². The number of H-pyrrole nitrogens is 2. The van der Waals surface area contributed by atoms with Crippen LogP contribution in [0.2, 0.25) is 0 Å². The molecule has 0 unspecified atom stereocenters. The Bertz CT molecular complexity index is 2450. The van der Waals surface area contributed by atoms with Crippen LogP contribution in [0.25, 0.3) is 22.5 Å². The Kier molecular flexibility index (Phi) is 14.4.